The molecule has 6 amide bonds. The number of non-ortho nitro benzene ring substituents is 2. The van der Waals surface area contributed by atoms with E-state index in [4.69, 9.17) is 35.2 Å². The number of likely N-dealkylation sites (N-methyl/N-ethyl adjacent to an activating group) is 1. The standard InChI is InChI=1S/C23H30N4O5S.C12H16N2O7S2.C10H12N2O5S.C10H10N2O5.C10H12N2O3.C6H6N2O2/c1-26(21(17-6-4-3-5-7-17)16-27-13-12-20(28)15-27)23(30)14-22(29)24-18-8-10-19(11-9-18)25-33(2,31)32;1-17-12(16)8-11(15)13-9-4-6-10(7-5-9)14(18-20-22-2)19-21-23-3;1-18-17-16-12-8-4-2-7(3-5-8)11-9(13)6-10(14)15;1-17-10(14)6-9(13)11-7-2-4-8(5-3-7)12(15)16;1-15-10(14)6-9(13)12-8-4-2-7(11)3-5-8;7-5-1-3-6(4-2-5)8(9)10/h3-11,20-21,25,28H,12-16H2,1-2H3,(H,24,29);4-7H,8H2,1-3H3,(H,13,15);2-5,12H,6H2,1H3,(H,11,13)(H,14,15);2-5H,6H2,1H3,(H,11,13);2-5H,6,11H2,1H3,(H,12,13);1-4H,7H2/t20-,21+;;;;;/m0...../s1. The number of nitrogens with zero attached hydrogens (tertiary/aromatic N) is 5. The summed E-state index contributed by atoms with van der Waals surface area (Å²) in [6.07, 6.45) is 4.49. The van der Waals surface area contributed by atoms with Gasteiger partial charge in [-0.15, -0.1) is 18.0 Å². The number of nitro benzene ring substituents is 2. The van der Waals surface area contributed by atoms with Gasteiger partial charge in [-0.25, -0.2) is 13.9 Å². The molecule has 2 atom stereocenters. The third kappa shape index (κ3) is 42.0. The van der Waals surface area contributed by atoms with Crippen LogP contribution >= 0.6 is 36.1 Å². The maximum Gasteiger partial charge on any atom is 0.315 e. The summed E-state index contributed by atoms with van der Waals surface area (Å²) in [5, 5.41) is 52.2. The number of carboxylic acid groups (broad SMARTS) is 1. The van der Waals surface area contributed by atoms with Crippen LogP contribution in [-0.2, 0) is 100 Å². The first-order valence-electron chi connectivity index (χ1n) is 33.3. The van der Waals surface area contributed by atoms with Gasteiger partial charge in [-0.3, -0.25) is 77.8 Å². The number of benzene rings is 7. The number of aliphatic hydroxyl groups excluding tert-OH is 1. The minimum Gasteiger partial charge on any atom is -0.481 e. The molecule has 7 aromatic carbocycles. The first-order chi connectivity index (χ1) is 55.2. The number of hydrogen-bond donors (Lipinski definition) is 11. The van der Waals surface area contributed by atoms with E-state index in [0.717, 1.165) is 59.7 Å². The second-order valence-electron chi connectivity index (χ2n) is 23.0. The minimum absolute atomic E-state index is 0.0641. The molecule has 13 N–H and O–H groups in total. The molecule has 0 spiro atoms. The fourth-order valence-electron chi connectivity index (χ4n) is 8.82. The van der Waals surface area contributed by atoms with Crippen LogP contribution in [0.1, 0.15) is 50.1 Å². The van der Waals surface area contributed by atoms with E-state index in [1.54, 1.807) is 116 Å². The summed E-state index contributed by atoms with van der Waals surface area (Å²) < 4.78 is 52.0. The molecule has 626 valence electrons. The van der Waals surface area contributed by atoms with E-state index < -0.39 is 86.1 Å². The lowest BCUT2D eigenvalue weighted by Gasteiger charge is -2.32. The number of methoxy groups -OCH3 is 3. The maximum atomic E-state index is 12.9. The number of nitrogen functional groups attached to an aromatic ring is 2. The fourth-order valence-corrected chi connectivity index (χ4v) is 9.72. The average Bonchev–Trinajstić information content (AvgIpc) is 0.904. The Morgan fingerprint density at radius 2 is 0.879 bits per heavy atom. The first kappa shape index (κ1) is 97.9. The Bertz CT molecular complexity index is 4400. The largest absolute Gasteiger partial charge is 0.481 e. The number of ether oxygens (including phenoxy) is 3. The van der Waals surface area contributed by atoms with Crippen molar-refractivity contribution in [2.75, 3.05) is 127 Å². The number of sulfonamides is 1. The number of carbonyl (C=O) groups is 10. The smallest absolute Gasteiger partial charge is 0.315 e. The number of carbonyl (C=O) groups excluding carboxylic acids is 9. The quantitative estimate of drug-likeness (QED) is 0.00207. The molecule has 116 heavy (non-hydrogen) atoms. The lowest BCUT2D eigenvalue weighted by molar-refractivity contribution is -0.385. The molecule has 8 rings (SSSR count). The van der Waals surface area contributed by atoms with Crippen molar-refractivity contribution < 1.29 is 119 Å². The number of nitrogens with two attached hydrogens (primary N) is 2. The van der Waals surface area contributed by atoms with Crippen molar-refractivity contribution in [3.05, 3.63) is 202 Å². The highest BCUT2D eigenvalue weighted by atomic mass is 32.2. The van der Waals surface area contributed by atoms with Crippen LogP contribution in [0.25, 0.3) is 0 Å². The second-order valence-corrected chi connectivity index (χ2v) is 26.2. The Kier molecular flexibility index (Phi) is 45.3. The Hall–Kier alpha value is -12.3. The van der Waals surface area contributed by atoms with E-state index in [-0.39, 0.29) is 48.7 Å². The van der Waals surface area contributed by atoms with Gasteiger partial charge in [0.2, 0.25) is 45.5 Å². The summed E-state index contributed by atoms with van der Waals surface area (Å²) in [5.74, 6) is -5.79. The van der Waals surface area contributed by atoms with E-state index in [2.05, 4.69) is 65.2 Å². The van der Waals surface area contributed by atoms with Gasteiger partial charge in [-0.1, -0.05) is 45.5 Å². The van der Waals surface area contributed by atoms with Crippen molar-refractivity contribution in [2.45, 2.75) is 50.7 Å². The zero-order valence-corrected chi connectivity index (χ0v) is 66.7. The number of anilines is 10. The van der Waals surface area contributed by atoms with Crippen molar-refractivity contribution in [1.82, 2.24) is 9.80 Å². The molecule has 1 saturated heterocycles. The lowest BCUT2D eigenvalue weighted by Crippen LogP contribution is -2.40. The molecule has 45 heteroatoms. The molecule has 41 nitrogen and oxygen atoms in total. The van der Waals surface area contributed by atoms with E-state index in [1.807, 2.05) is 30.3 Å². The minimum atomic E-state index is -3.39. The molecular weight excluding hydrogens is 1610 g/mol. The fraction of sp³-hybridized carbons (Fsp3) is 0.268. The van der Waals surface area contributed by atoms with Crippen LogP contribution in [0.15, 0.2) is 176 Å². The number of amides is 6. The zero-order valence-electron chi connectivity index (χ0n) is 63.4. The molecule has 0 unspecified atom stereocenters. The predicted molar refractivity (Wildman–Crippen MR) is 431 cm³/mol. The highest BCUT2D eigenvalue weighted by Crippen LogP contribution is 2.26. The van der Waals surface area contributed by atoms with E-state index >= 15 is 0 Å². The third-order valence-electron chi connectivity index (χ3n) is 14.2. The van der Waals surface area contributed by atoms with Gasteiger partial charge in [0.15, 0.2) is 0 Å². The molecule has 1 heterocycles. The normalized spacial score (nSPS) is 11.9. The number of nitro groups is 2. The highest BCUT2D eigenvalue weighted by molar-refractivity contribution is 7.94. The average molecular weight is 1700 g/mol. The first-order valence-corrected chi connectivity index (χ1v) is 38.7. The molecule has 0 aliphatic carbocycles. The van der Waals surface area contributed by atoms with Crippen LogP contribution < -0.4 is 53.5 Å². The topological polar surface area (TPSA) is 561 Å². The van der Waals surface area contributed by atoms with Crippen LogP contribution in [0.5, 0.6) is 0 Å². The van der Waals surface area contributed by atoms with Gasteiger partial charge >= 0.3 is 23.9 Å². The summed E-state index contributed by atoms with van der Waals surface area (Å²) in [6, 6.07) is 46.0. The van der Waals surface area contributed by atoms with Crippen molar-refractivity contribution >= 4 is 174 Å². The summed E-state index contributed by atoms with van der Waals surface area (Å²) in [4.78, 5) is 151. The molecule has 0 aromatic heterocycles. The van der Waals surface area contributed by atoms with Crippen LogP contribution in [-0.4, -0.2) is 177 Å². The van der Waals surface area contributed by atoms with Crippen LogP contribution in [0.2, 0.25) is 0 Å². The highest BCUT2D eigenvalue weighted by Gasteiger charge is 2.29. The maximum absolute atomic E-state index is 12.9. The van der Waals surface area contributed by atoms with Gasteiger partial charge in [0.1, 0.15) is 37.8 Å². The molecular formula is C71H86N14O27S4. The van der Waals surface area contributed by atoms with Crippen molar-refractivity contribution in [1.29, 1.82) is 0 Å². The van der Waals surface area contributed by atoms with Gasteiger partial charge in [0.05, 0.1) is 55.3 Å². The molecule has 1 fully saturated rings. The molecule has 0 saturated carbocycles. The van der Waals surface area contributed by atoms with Crippen molar-refractivity contribution in [3.8, 4) is 0 Å². The number of rotatable bonds is 34. The van der Waals surface area contributed by atoms with Gasteiger partial charge < -0.3 is 67.4 Å². The third-order valence-corrected chi connectivity index (χ3v) is 15.4. The Morgan fingerprint density at radius 3 is 1.25 bits per heavy atom. The number of aliphatic carboxylic acids is 1. The molecule has 7 aromatic rings. The summed E-state index contributed by atoms with van der Waals surface area (Å²) in [5.41, 5.74) is 19.2. The van der Waals surface area contributed by atoms with E-state index in [1.165, 1.54) is 82.0 Å². The summed E-state index contributed by atoms with van der Waals surface area (Å²) >= 11 is 2.98. The Balaban J connectivity index is 0.000000374. The monoisotopic (exact) mass is 1690 g/mol. The van der Waals surface area contributed by atoms with Crippen LogP contribution in [0.4, 0.5) is 68.2 Å². The number of hydrogen-bond acceptors (Lipinski definition) is 34. The SMILES string of the molecule is CN(C(=O)CC(=O)Nc1ccc(NS(C)(=O)=O)cc1)[C@H](CN1CC[C@H](O)C1)c1ccccc1.COC(=O)CC(=O)Nc1ccc(N(OOSC)OOSC)cc1.COC(=O)CC(=O)Nc1ccc(N)cc1.COC(=O)CC(=O)Nc1ccc([N+](=O)[O-])cc1.CSOONc1ccc(NC(=O)CC(=O)O)cc1.Nc1ccc([N+](=O)[O-])cc1. The number of aliphatic hydroxyl groups is 1. The number of carboxylic acids is 1. The van der Waals surface area contributed by atoms with Crippen LogP contribution in [0.3, 0.4) is 0 Å². The number of β-amino-alcohol motifs (C(OH)–C–C–N with tert-alkyl or cyclic N) is 1. The van der Waals surface area contributed by atoms with E-state index in [9.17, 15) is 81.7 Å². The Morgan fingerprint density at radius 1 is 0.526 bits per heavy atom. The lowest BCUT2D eigenvalue weighted by atomic mass is 10.0. The van der Waals surface area contributed by atoms with Gasteiger partial charge in [-0.2, -0.15) is 0 Å². The zero-order chi connectivity index (χ0) is 86.1. The predicted octanol–water partition coefficient (Wildman–Crippen LogP) is 8.63. The Labute approximate surface area is 677 Å². The van der Waals surface area contributed by atoms with Crippen molar-refractivity contribution in [2.24, 2.45) is 0 Å². The number of likely N-dealkylation sites (tertiary alicyclic amines) is 1. The van der Waals surface area contributed by atoms with Crippen molar-refractivity contribution in [3.63, 3.8) is 0 Å². The molecule has 1 aliphatic rings. The van der Waals surface area contributed by atoms with Gasteiger partial charge in [-0.05, 0) is 133 Å². The summed E-state index contributed by atoms with van der Waals surface area (Å²) in [6.45, 7) is 1.90. The van der Waals surface area contributed by atoms with Gasteiger partial charge in [0.25, 0.3) is 11.4 Å². The van der Waals surface area contributed by atoms with E-state index in [0.29, 0.717) is 76.4 Å². The number of nitrogens with one attached hydrogen (secondary N) is 7. The van der Waals surface area contributed by atoms with Crippen LogP contribution in [0, 0.1) is 20.2 Å². The molecule has 1 aliphatic heterocycles. The molecule has 0 radical (unpaired) electrons. The summed E-state index contributed by atoms with van der Waals surface area (Å²) in [7, 11) is 1.93. The molecule has 0 bridgehead atoms. The van der Waals surface area contributed by atoms with Gasteiger partial charge in [0, 0.05) is 151 Å². The second kappa shape index (κ2) is 53.7. The number of esters is 3.